The van der Waals surface area contributed by atoms with Crippen molar-refractivity contribution in [1.29, 1.82) is 0 Å². The molecule has 0 unspecified atom stereocenters. The minimum atomic E-state index is -1.36. The van der Waals surface area contributed by atoms with Gasteiger partial charge in [0.1, 0.15) is 18.7 Å². The number of rotatable bonds is 45. The Morgan fingerprint density at radius 2 is 0.862 bits per heavy atom. The molecule has 0 saturated heterocycles. The summed E-state index contributed by atoms with van der Waals surface area (Å²) in [6.07, 6.45) is 34.1. The van der Waals surface area contributed by atoms with Gasteiger partial charge in [-0.1, -0.05) is 211 Å². The summed E-state index contributed by atoms with van der Waals surface area (Å²) in [5, 5.41) is 20.0. The standard InChI is InChI=1S/C53H92N4O8/c1-3-5-7-9-11-13-15-17-19-21-23-25-27-34-40-54-49(59)42-46(52(63)55-41-35-28-26-24-22-20-18-16-14-12-10-8-6-4-2)56-50(60)43-47(57-48(58)38-32-33-39-51(61)62)53(64)65-44-45-36-30-29-31-37-45/h29-31,36-37,46-47H,3-28,32-35,38-44H2,1-2H3,(H,54,59)(H,55,63)(H,56,60)(H,57,58)(H,61,62)/t46-,47-/m0/s1. The minimum Gasteiger partial charge on any atom is -0.481 e. The smallest absolute Gasteiger partial charge is 0.329 e. The van der Waals surface area contributed by atoms with Crippen LogP contribution in [0.15, 0.2) is 30.3 Å². The second-order valence-corrected chi connectivity index (χ2v) is 18.2. The molecule has 0 heterocycles. The number of hydrogen-bond donors (Lipinski definition) is 5. The first-order chi connectivity index (χ1) is 31.7. The average molecular weight is 913 g/mol. The zero-order valence-corrected chi connectivity index (χ0v) is 41.0. The van der Waals surface area contributed by atoms with Crippen molar-refractivity contribution in [3.8, 4) is 0 Å². The zero-order chi connectivity index (χ0) is 47.4. The number of nitrogens with one attached hydrogen (secondary N) is 4. The Balaban J connectivity index is 2.68. The van der Waals surface area contributed by atoms with E-state index in [0.717, 1.165) is 50.5 Å². The van der Waals surface area contributed by atoms with Crippen LogP contribution in [0.3, 0.4) is 0 Å². The predicted molar refractivity (Wildman–Crippen MR) is 262 cm³/mol. The minimum absolute atomic E-state index is 0.0405. The number of benzene rings is 1. The number of aliphatic carboxylic acids is 1. The van der Waals surface area contributed by atoms with Crippen molar-refractivity contribution in [3.63, 3.8) is 0 Å². The van der Waals surface area contributed by atoms with E-state index in [1.807, 2.05) is 6.07 Å². The van der Waals surface area contributed by atoms with E-state index in [1.165, 1.54) is 135 Å². The number of carbonyl (C=O) groups excluding carboxylic acids is 5. The number of amides is 4. The first kappa shape index (κ1) is 59.1. The van der Waals surface area contributed by atoms with Gasteiger partial charge in [-0.3, -0.25) is 24.0 Å². The van der Waals surface area contributed by atoms with E-state index in [-0.39, 0.29) is 44.6 Å². The molecule has 0 saturated carbocycles. The molecule has 0 aliphatic carbocycles. The monoisotopic (exact) mass is 913 g/mol. The molecule has 2 atom stereocenters. The molecule has 1 rings (SSSR count). The summed E-state index contributed by atoms with van der Waals surface area (Å²) in [4.78, 5) is 77.1. The van der Waals surface area contributed by atoms with Crippen molar-refractivity contribution >= 4 is 35.6 Å². The molecule has 0 aliphatic heterocycles. The van der Waals surface area contributed by atoms with Crippen LogP contribution in [-0.4, -0.2) is 65.8 Å². The van der Waals surface area contributed by atoms with Crippen molar-refractivity contribution in [2.24, 2.45) is 0 Å². The van der Waals surface area contributed by atoms with Crippen molar-refractivity contribution in [1.82, 2.24) is 21.3 Å². The van der Waals surface area contributed by atoms with Crippen molar-refractivity contribution in [2.75, 3.05) is 13.1 Å². The molecule has 0 aromatic heterocycles. The van der Waals surface area contributed by atoms with E-state index in [2.05, 4.69) is 35.1 Å². The second-order valence-electron chi connectivity index (χ2n) is 18.2. The molecule has 1 aromatic rings. The Morgan fingerprint density at radius 3 is 1.32 bits per heavy atom. The van der Waals surface area contributed by atoms with Crippen molar-refractivity contribution in [2.45, 2.75) is 251 Å². The van der Waals surface area contributed by atoms with Crippen LogP contribution in [0.1, 0.15) is 238 Å². The highest BCUT2D eigenvalue weighted by atomic mass is 16.5. The Hall–Kier alpha value is -3.96. The van der Waals surface area contributed by atoms with Gasteiger partial charge >= 0.3 is 11.9 Å². The molecule has 0 aliphatic rings. The molecular weight excluding hydrogens is 821 g/mol. The van der Waals surface area contributed by atoms with E-state index >= 15 is 0 Å². The maximum absolute atomic E-state index is 13.5. The van der Waals surface area contributed by atoms with Gasteiger partial charge in [-0.05, 0) is 31.2 Å². The third-order valence-electron chi connectivity index (χ3n) is 12.0. The normalized spacial score (nSPS) is 12.0. The summed E-state index contributed by atoms with van der Waals surface area (Å²) in [7, 11) is 0. The highest BCUT2D eigenvalue weighted by Gasteiger charge is 2.29. The molecule has 12 nitrogen and oxygen atoms in total. The topological polar surface area (TPSA) is 180 Å². The Kier molecular flexibility index (Phi) is 38.8. The molecule has 0 fully saturated rings. The van der Waals surface area contributed by atoms with Gasteiger partial charge in [-0.2, -0.15) is 0 Å². The molecule has 0 spiro atoms. The van der Waals surface area contributed by atoms with Crippen LogP contribution in [0, 0.1) is 0 Å². The first-order valence-electron chi connectivity index (χ1n) is 26.2. The predicted octanol–water partition coefficient (Wildman–Crippen LogP) is 11.3. The number of unbranched alkanes of at least 4 members (excludes halogenated alkanes) is 27. The number of carbonyl (C=O) groups is 6. The van der Waals surface area contributed by atoms with Gasteiger partial charge in [0.25, 0.3) is 0 Å². The summed E-state index contributed by atoms with van der Waals surface area (Å²) in [6, 6.07) is 6.44. The molecule has 12 heteroatoms. The largest absolute Gasteiger partial charge is 0.481 e. The van der Waals surface area contributed by atoms with Crippen LogP contribution >= 0.6 is 0 Å². The van der Waals surface area contributed by atoms with Gasteiger partial charge in [0.15, 0.2) is 0 Å². The van der Waals surface area contributed by atoms with Crippen molar-refractivity contribution in [3.05, 3.63) is 35.9 Å². The third kappa shape index (κ3) is 36.9. The lowest BCUT2D eigenvalue weighted by atomic mass is 10.0. The van der Waals surface area contributed by atoms with E-state index in [0.29, 0.717) is 13.1 Å². The van der Waals surface area contributed by atoms with E-state index in [9.17, 15) is 28.8 Å². The lowest BCUT2D eigenvalue weighted by Crippen LogP contribution is -2.51. The summed E-state index contributed by atoms with van der Waals surface area (Å²) in [6.45, 7) is 5.32. The van der Waals surface area contributed by atoms with Gasteiger partial charge in [-0.25, -0.2) is 4.79 Å². The van der Waals surface area contributed by atoms with E-state index in [4.69, 9.17) is 9.84 Å². The SMILES string of the molecule is CCCCCCCCCCCCCCCCNC(=O)C[C@H](NC(=O)C[C@H](NC(=O)CCCCC(=O)O)C(=O)OCc1ccccc1)C(=O)NCCCCCCCCCCCCCCCC. The van der Waals surface area contributed by atoms with E-state index < -0.39 is 48.2 Å². The van der Waals surface area contributed by atoms with Crippen LogP contribution < -0.4 is 21.3 Å². The van der Waals surface area contributed by atoms with Gasteiger partial charge < -0.3 is 31.1 Å². The number of carboxylic acids is 1. The number of carboxylic acid groups (broad SMARTS) is 1. The molecule has 372 valence electrons. The van der Waals surface area contributed by atoms with Gasteiger partial charge in [0.05, 0.1) is 12.8 Å². The van der Waals surface area contributed by atoms with Crippen LogP contribution in [0.2, 0.25) is 0 Å². The summed E-state index contributed by atoms with van der Waals surface area (Å²) >= 11 is 0. The molecule has 0 bridgehead atoms. The summed E-state index contributed by atoms with van der Waals surface area (Å²) < 4.78 is 5.47. The molecule has 0 radical (unpaired) electrons. The highest BCUT2D eigenvalue weighted by molar-refractivity contribution is 5.94. The lowest BCUT2D eigenvalue weighted by molar-refractivity contribution is -0.150. The quantitative estimate of drug-likeness (QED) is 0.0317. The molecule has 4 amide bonds. The maximum Gasteiger partial charge on any atom is 0.329 e. The Labute approximate surface area is 394 Å². The first-order valence-corrected chi connectivity index (χ1v) is 26.2. The fourth-order valence-corrected chi connectivity index (χ4v) is 7.96. The molecule has 1 aromatic carbocycles. The van der Waals surface area contributed by atoms with Gasteiger partial charge in [0, 0.05) is 25.9 Å². The van der Waals surface area contributed by atoms with Gasteiger partial charge in [-0.15, -0.1) is 0 Å². The summed E-state index contributed by atoms with van der Waals surface area (Å²) in [5.41, 5.74) is 0.722. The van der Waals surface area contributed by atoms with Gasteiger partial charge in [0.2, 0.25) is 23.6 Å². The van der Waals surface area contributed by atoms with E-state index in [1.54, 1.807) is 24.3 Å². The van der Waals surface area contributed by atoms with Crippen LogP contribution in [0.25, 0.3) is 0 Å². The lowest BCUT2D eigenvalue weighted by Gasteiger charge is -2.21. The second kappa shape index (κ2) is 42.7. The fourth-order valence-electron chi connectivity index (χ4n) is 7.96. The third-order valence-corrected chi connectivity index (χ3v) is 12.0. The highest BCUT2D eigenvalue weighted by Crippen LogP contribution is 2.15. The summed E-state index contributed by atoms with van der Waals surface area (Å²) in [5.74, 6) is -3.86. The zero-order valence-electron chi connectivity index (χ0n) is 41.0. The molecule has 65 heavy (non-hydrogen) atoms. The number of hydrogen-bond acceptors (Lipinski definition) is 7. The fraction of sp³-hybridized carbons (Fsp3) is 0.774. The van der Waals surface area contributed by atoms with Crippen LogP contribution in [0.4, 0.5) is 0 Å². The molecular formula is C53H92N4O8. The van der Waals surface area contributed by atoms with Crippen LogP contribution in [-0.2, 0) is 40.1 Å². The van der Waals surface area contributed by atoms with Crippen molar-refractivity contribution < 1.29 is 38.6 Å². The Morgan fingerprint density at radius 1 is 0.462 bits per heavy atom. The number of ether oxygens (including phenoxy) is 1. The Bertz CT molecular complexity index is 1380. The number of esters is 1. The van der Waals surface area contributed by atoms with Crippen LogP contribution in [0.5, 0.6) is 0 Å². The molecule has 5 N–H and O–H groups in total. The average Bonchev–Trinajstić information content (AvgIpc) is 3.29. The maximum atomic E-state index is 13.5.